The first kappa shape index (κ1) is 14.8. The van der Waals surface area contributed by atoms with Gasteiger partial charge in [-0.1, -0.05) is 38.0 Å². The van der Waals surface area contributed by atoms with Crippen molar-refractivity contribution in [2.45, 2.75) is 39.5 Å². The van der Waals surface area contributed by atoms with Gasteiger partial charge in [0.2, 0.25) is 0 Å². The van der Waals surface area contributed by atoms with E-state index in [1.54, 1.807) is 11.3 Å². The number of nitriles is 1. The molecule has 0 spiro atoms. The summed E-state index contributed by atoms with van der Waals surface area (Å²) in [5, 5.41) is 10.1. The molecule has 0 atom stereocenters. The molecule has 0 aliphatic carbocycles. The quantitative estimate of drug-likeness (QED) is 0.748. The van der Waals surface area contributed by atoms with Crippen LogP contribution in [0.2, 0.25) is 0 Å². The van der Waals surface area contributed by atoms with Gasteiger partial charge in [-0.3, -0.25) is 0 Å². The highest BCUT2D eigenvalue weighted by Gasteiger charge is 2.11. The van der Waals surface area contributed by atoms with E-state index in [9.17, 15) is 0 Å². The summed E-state index contributed by atoms with van der Waals surface area (Å²) in [7, 11) is 0. The standard InChI is InChI=1S/C16H21N3S/c1-3-5-9-19(10-6-4-2)16-18-14-8-7-13(12-17)11-15(14)20-16/h7-8,11H,3-6,9-10H2,1-2H3. The number of anilines is 1. The minimum atomic E-state index is 0.710. The number of rotatable bonds is 7. The molecule has 0 radical (unpaired) electrons. The lowest BCUT2D eigenvalue weighted by Gasteiger charge is -2.21. The zero-order chi connectivity index (χ0) is 14.4. The van der Waals surface area contributed by atoms with Crippen molar-refractivity contribution in [2.24, 2.45) is 0 Å². The number of aromatic nitrogens is 1. The van der Waals surface area contributed by atoms with E-state index in [0.717, 1.165) is 28.4 Å². The summed E-state index contributed by atoms with van der Waals surface area (Å²) in [6, 6.07) is 7.92. The average molecular weight is 287 g/mol. The lowest BCUT2D eigenvalue weighted by atomic mass is 10.2. The van der Waals surface area contributed by atoms with Crippen LogP contribution in [-0.2, 0) is 0 Å². The minimum Gasteiger partial charge on any atom is -0.348 e. The zero-order valence-electron chi connectivity index (χ0n) is 12.2. The zero-order valence-corrected chi connectivity index (χ0v) is 13.0. The van der Waals surface area contributed by atoms with Crippen LogP contribution in [0.4, 0.5) is 5.13 Å². The van der Waals surface area contributed by atoms with Crippen LogP contribution in [0, 0.1) is 11.3 Å². The predicted molar refractivity (Wildman–Crippen MR) is 86.4 cm³/mol. The fourth-order valence-corrected chi connectivity index (χ4v) is 3.17. The Morgan fingerprint density at radius 1 is 1.20 bits per heavy atom. The third-order valence-electron chi connectivity index (χ3n) is 3.34. The van der Waals surface area contributed by atoms with Crippen LogP contribution in [0.3, 0.4) is 0 Å². The Balaban J connectivity index is 2.25. The van der Waals surface area contributed by atoms with E-state index in [0.29, 0.717) is 5.56 Å². The van der Waals surface area contributed by atoms with Crippen LogP contribution in [0.1, 0.15) is 45.1 Å². The molecule has 1 aromatic carbocycles. The van der Waals surface area contributed by atoms with E-state index in [2.05, 4.69) is 24.8 Å². The number of benzene rings is 1. The normalized spacial score (nSPS) is 10.7. The Morgan fingerprint density at radius 2 is 1.90 bits per heavy atom. The van der Waals surface area contributed by atoms with Gasteiger partial charge in [-0.15, -0.1) is 0 Å². The Hall–Kier alpha value is -1.60. The largest absolute Gasteiger partial charge is 0.348 e. The van der Waals surface area contributed by atoms with Crippen molar-refractivity contribution in [2.75, 3.05) is 18.0 Å². The molecule has 0 unspecified atom stereocenters. The number of hydrogen-bond donors (Lipinski definition) is 0. The van der Waals surface area contributed by atoms with Crippen molar-refractivity contribution in [3.05, 3.63) is 23.8 Å². The molecule has 1 aromatic heterocycles. The molecule has 2 aromatic rings. The van der Waals surface area contributed by atoms with Gasteiger partial charge in [-0.2, -0.15) is 5.26 Å². The number of hydrogen-bond acceptors (Lipinski definition) is 4. The maximum absolute atomic E-state index is 8.97. The molecular formula is C16H21N3S. The highest BCUT2D eigenvalue weighted by molar-refractivity contribution is 7.22. The summed E-state index contributed by atoms with van der Waals surface area (Å²) in [4.78, 5) is 7.12. The van der Waals surface area contributed by atoms with Gasteiger partial charge in [-0.05, 0) is 31.0 Å². The lowest BCUT2D eigenvalue weighted by Crippen LogP contribution is -2.25. The van der Waals surface area contributed by atoms with Crippen molar-refractivity contribution in [3.8, 4) is 6.07 Å². The van der Waals surface area contributed by atoms with E-state index >= 15 is 0 Å². The van der Waals surface area contributed by atoms with Crippen LogP contribution in [0.5, 0.6) is 0 Å². The van der Waals surface area contributed by atoms with Crippen LogP contribution < -0.4 is 4.90 Å². The fraction of sp³-hybridized carbons (Fsp3) is 0.500. The molecule has 4 heteroatoms. The number of nitrogens with zero attached hydrogens (tertiary/aromatic N) is 3. The van der Waals surface area contributed by atoms with Crippen molar-refractivity contribution < 1.29 is 0 Å². The Kier molecular flexibility index (Phi) is 5.37. The molecule has 1 heterocycles. The van der Waals surface area contributed by atoms with Crippen LogP contribution in [0.25, 0.3) is 10.2 Å². The fourth-order valence-electron chi connectivity index (χ4n) is 2.12. The van der Waals surface area contributed by atoms with E-state index in [4.69, 9.17) is 10.2 Å². The van der Waals surface area contributed by atoms with Crippen LogP contribution >= 0.6 is 11.3 Å². The van der Waals surface area contributed by atoms with Gasteiger partial charge in [-0.25, -0.2) is 4.98 Å². The molecular weight excluding hydrogens is 266 g/mol. The molecule has 3 nitrogen and oxygen atoms in total. The molecule has 0 N–H and O–H groups in total. The first-order chi connectivity index (χ1) is 9.78. The highest BCUT2D eigenvalue weighted by atomic mass is 32.1. The van der Waals surface area contributed by atoms with Gasteiger partial charge in [0.25, 0.3) is 0 Å². The first-order valence-electron chi connectivity index (χ1n) is 7.34. The summed E-state index contributed by atoms with van der Waals surface area (Å²) >= 11 is 1.70. The molecule has 0 saturated heterocycles. The summed E-state index contributed by atoms with van der Waals surface area (Å²) in [5.74, 6) is 0. The molecule has 0 amide bonds. The number of unbranched alkanes of at least 4 members (excludes halogenated alkanes) is 2. The van der Waals surface area contributed by atoms with Gasteiger partial charge in [0.15, 0.2) is 5.13 Å². The first-order valence-corrected chi connectivity index (χ1v) is 8.15. The van der Waals surface area contributed by atoms with E-state index < -0.39 is 0 Å². The smallest absolute Gasteiger partial charge is 0.186 e. The number of fused-ring (bicyclic) bond motifs is 1. The van der Waals surface area contributed by atoms with E-state index in [1.165, 1.54) is 25.7 Å². The van der Waals surface area contributed by atoms with Gasteiger partial charge < -0.3 is 4.90 Å². The third-order valence-corrected chi connectivity index (χ3v) is 4.42. The van der Waals surface area contributed by atoms with Crippen molar-refractivity contribution in [3.63, 3.8) is 0 Å². The van der Waals surface area contributed by atoms with Crippen molar-refractivity contribution in [1.29, 1.82) is 5.26 Å². The minimum absolute atomic E-state index is 0.710. The Bertz CT molecular complexity index is 589. The molecule has 2 rings (SSSR count). The molecule has 20 heavy (non-hydrogen) atoms. The van der Waals surface area contributed by atoms with Gasteiger partial charge >= 0.3 is 0 Å². The summed E-state index contributed by atoms with van der Waals surface area (Å²) in [6.45, 7) is 6.58. The highest BCUT2D eigenvalue weighted by Crippen LogP contribution is 2.29. The Labute approximate surface area is 124 Å². The molecule has 0 aliphatic rings. The van der Waals surface area contributed by atoms with Crippen LogP contribution in [-0.4, -0.2) is 18.1 Å². The SMILES string of the molecule is CCCCN(CCCC)c1nc2ccc(C#N)cc2s1. The van der Waals surface area contributed by atoms with Crippen molar-refractivity contribution >= 4 is 26.7 Å². The van der Waals surface area contributed by atoms with Crippen molar-refractivity contribution in [1.82, 2.24) is 4.98 Å². The van der Waals surface area contributed by atoms with E-state index in [1.807, 2.05) is 18.2 Å². The second kappa shape index (κ2) is 7.25. The maximum Gasteiger partial charge on any atom is 0.186 e. The van der Waals surface area contributed by atoms with E-state index in [-0.39, 0.29) is 0 Å². The molecule has 0 saturated carbocycles. The lowest BCUT2D eigenvalue weighted by molar-refractivity contribution is 0.677. The molecule has 0 bridgehead atoms. The van der Waals surface area contributed by atoms with Gasteiger partial charge in [0, 0.05) is 13.1 Å². The Morgan fingerprint density at radius 3 is 2.50 bits per heavy atom. The summed E-state index contributed by atoms with van der Waals surface area (Å²) in [5.41, 5.74) is 1.71. The monoisotopic (exact) mass is 287 g/mol. The second-order valence-corrected chi connectivity index (χ2v) is 5.99. The predicted octanol–water partition coefficient (Wildman–Crippen LogP) is 4.57. The molecule has 0 aliphatic heterocycles. The third kappa shape index (κ3) is 3.49. The summed E-state index contributed by atoms with van der Waals surface area (Å²) < 4.78 is 1.11. The molecule has 106 valence electrons. The average Bonchev–Trinajstić information content (AvgIpc) is 2.90. The summed E-state index contributed by atoms with van der Waals surface area (Å²) in [6.07, 6.45) is 4.80. The second-order valence-electron chi connectivity index (χ2n) is 4.98. The number of thiazole rings is 1. The van der Waals surface area contributed by atoms with Crippen LogP contribution in [0.15, 0.2) is 18.2 Å². The topological polar surface area (TPSA) is 39.9 Å². The van der Waals surface area contributed by atoms with Gasteiger partial charge in [0.1, 0.15) is 0 Å². The maximum atomic E-state index is 8.97. The van der Waals surface area contributed by atoms with Gasteiger partial charge in [0.05, 0.1) is 21.8 Å². The molecule has 0 fully saturated rings.